The van der Waals surface area contributed by atoms with E-state index in [1.165, 1.54) is 0 Å². The third-order valence-corrected chi connectivity index (χ3v) is 2.80. The zero-order chi connectivity index (χ0) is 12.3. The van der Waals surface area contributed by atoms with Crippen molar-refractivity contribution in [1.82, 2.24) is 10.1 Å². The molecule has 2 rings (SSSR count). The molecule has 1 atom stereocenters. The first-order valence-electron chi connectivity index (χ1n) is 5.12. The van der Waals surface area contributed by atoms with Gasteiger partial charge in [0.15, 0.2) is 5.82 Å². The molecule has 0 fully saturated rings. The molecule has 0 saturated carbocycles. The molecular weight excluding hydrogens is 286 g/mol. The summed E-state index contributed by atoms with van der Waals surface area (Å²) >= 11 is 3.37. The molecule has 0 spiro atoms. The van der Waals surface area contributed by atoms with Crippen molar-refractivity contribution in [3.8, 4) is 0 Å². The molecule has 0 aliphatic rings. The lowest BCUT2D eigenvalue weighted by molar-refractivity contribution is 0.236. The molecule has 0 aliphatic heterocycles. The molecule has 1 aromatic heterocycles. The summed E-state index contributed by atoms with van der Waals surface area (Å²) in [6, 6.07) is 7.25. The number of halogens is 1. The lowest BCUT2D eigenvalue weighted by Crippen LogP contribution is -2.14. The minimum absolute atomic E-state index is 0.208. The number of nitrogens with two attached hydrogens (primary N) is 1. The van der Waals surface area contributed by atoms with Crippen molar-refractivity contribution in [2.24, 2.45) is 5.73 Å². The van der Waals surface area contributed by atoms with Gasteiger partial charge in [0.1, 0.15) is 6.04 Å². The summed E-state index contributed by atoms with van der Waals surface area (Å²) in [5.74, 6) is 0.825. The van der Waals surface area contributed by atoms with Gasteiger partial charge >= 0.3 is 0 Å². The predicted molar refractivity (Wildman–Crippen MR) is 65.3 cm³/mol. The first-order valence-corrected chi connectivity index (χ1v) is 5.91. The number of aliphatic hydroxyl groups is 1. The Morgan fingerprint density at radius 1 is 1.35 bits per heavy atom. The Morgan fingerprint density at radius 2 is 2.06 bits per heavy atom. The average molecular weight is 298 g/mol. The molecule has 1 heterocycles. The molecule has 1 aromatic carbocycles. The average Bonchev–Trinajstić information content (AvgIpc) is 2.80. The number of rotatable bonds is 4. The molecule has 17 heavy (non-hydrogen) atoms. The van der Waals surface area contributed by atoms with E-state index in [0.717, 1.165) is 10.0 Å². The van der Waals surface area contributed by atoms with Gasteiger partial charge in [-0.25, -0.2) is 0 Å². The topological polar surface area (TPSA) is 85.2 Å². The summed E-state index contributed by atoms with van der Waals surface area (Å²) in [5, 5.41) is 12.7. The monoisotopic (exact) mass is 297 g/mol. The van der Waals surface area contributed by atoms with E-state index in [1.54, 1.807) is 0 Å². The third-order valence-electron chi connectivity index (χ3n) is 2.27. The van der Waals surface area contributed by atoms with Crippen molar-refractivity contribution < 1.29 is 9.63 Å². The Bertz CT molecular complexity index is 484. The van der Waals surface area contributed by atoms with Gasteiger partial charge < -0.3 is 15.4 Å². The maximum absolute atomic E-state index is 8.86. The molecule has 0 unspecified atom stereocenters. The molecule has 0 amide bonds. The Morgan fingerprint density at radius 3 is 2.71 bits per heavy atom. The van der Waals surface area contributed by atoms with Gasteiger partial charge in [0.25, 0.3) is 0 Å². The quantitative estimate of drug-likeness (QED) is 0.891. The van der Waals surface area contributed by atoms with Crippen LogP contribution in [0.3, 0.4) is 0 Å². The summed E-state index contributed by atoms with van der Waals surface area (Å²) in [6.07, 6.45) is 0.578. The number of hydrogen-bond donors (Lipinski definition) is 2. The molecule has 90 valence electrons. The van der Waals surface area contributed by atoms with Crippen LogP contribution in [0.5, 0.6) is 0 Å². The van der Waals surface area contributed by atoms with Crippen LogP contribution in [0.4, 0.5) is 0 Å². The Hall–Kier alpha value is -1.24. The van der Waals surface area contributed by atoms with Crippen molar-refractivity contribution in [2.45, 2.75) is 12.5 Å². The van der Waals surface area contributed by atoms with Gasteiger partial charge in [-0.05, 0) is 17.7 Å². The number of aromatic nitrogens is 2. The van der Waals surface area contributed by atoms with Crippen LogP contribution in [-0.2, 0) is 6.42 Å². The molecule has 5 nitrogen and oxygen atoms in total. The van der Waals surface area contributed by atoms with E-state index >= 15 is 0 Å². The molecule has 0 aliphatic carbocycles. The normalized spacial score (nSPS) is 12.6. The maximum Gasteiger partial charge on any atom is 0.245 e. The summed E-state index contributed by atoms with van der Waals surface area (Å²) in [4.78, 5) is 4.12. The zero-order valence-electron chi connectivity index (χ0n) is 9.01. The van der Waals surface area contributed by atoms with E-state index in [0.29, 0.717) is 12.2 Å². The van der Waals surface area contributed by atoms with Gasteiger partial charge in [-0.2, -0.15) is 4.98 Å². The largest absolute Gasteiger partial charge is 0.394 e. The fourth-order valence-electron chi connectivity index (χ4n) is 1.35. The van der Waals surface area contributed by atoms with Crippen LogP contribution in [0.1, 0.15) is 23.3 Å². The van der Waals surface area contributed by atoms with Gasteiger partial charge in [0, 0.05) is 10.9 Å². The van der Waals surface area contributed by atoms with Crippen LogP contribution in [0, 0.1) is 0 Å². The SMILES string of the molecule is N[C@H](CO)c1nc(Cc2ccc(Br)cc2)no1. The Balaban J connectivity index is 2.08. The summed E-state index contributed by atoms with van der Waals surface area (Å²) in [7, 11) is 0. The first-order chi connectivity index (χ1) is 8.19. The van der Waals surface area contributed by atoms with E-state index in [4.69, 9.17) is 15.4 Å². The fraction of sp³-hybridized carbons (Fsp3) is 0.273. The third kappa shape index (κ3) is 3.12. The van der Waals surface area contributed by atoms with Crippen molar-refractivity contribution in [3.05, 3.63) is 46.0 Å². The first kappa shape index (κ1) is 12.2. The predicted octanol–water partition coefficient (Wildman–Crippen LogP) is 1.41. The van der Waals surface area contributed by atoms with Crippen LogP contribution in [-0.4, -0.2) is 21.9 Å². The summed E-state index contributed by atoms with van der Waals surface area (Å²) in [6.45, 7) is -0.208. The van der Waals surface area contributed by atoms with Crippen molar-refractivity contribution in [1.29, 1.82) is 0 Å². The van der Waals surface area contributed by atoms with Gasteiger partial charge in [0.05, 0.1) is 6.61 Å². The van der Waals surface area contributed by atoms with Gasteiger partial charge in [-0.3, -0.25) is 0 Å². The van der Waals surface area contributed by atoms with Crippen molar-refractivity contribution in [2.75, 3.05) is 6.61 Å². The second kappa shape index (κ2) is 5.39. The molecule has 0 radical (unpaired) electrons. The fourth-order valence-corrected chi connectivity index (χ4v) is 1.62. The lowest BCUT2D eigenvalue weighted by Gasteiger charge is -1.99. The minimum atomic E-state index is -0.610. The molecule has 3 N–H and O–H groups in total. The van der Waals surface area contributed by atoms with Gasteiger partial charge in [0.2, 0.25) is 5.89 Å². The van der Waals surface area contributed by atoms with Crippen molar-refractivity contribution >= 4 is 15.9 Å². The van der Waals surface area contributed by atoms with E-state index < -0.39 is 6.04 Å². The standard InChI is InChI=1S/C11H12BrN3O2/c12-8-3-1-7(2-4-8)5-10-14-11(17-15-10)9(13)6-16/h1-4,9,16H,5-6,13H2/t9-/m1/s1. The van der Waals surface area contributed by atoms with Crippen LogP contribution < -0.4 is 5.73 Å². The van der Waals surface area contributed by atoms with E-state index in [9.17, 15) is 0 Å². The summed E-state index contributed by atoms with van der Waals surface area (Å²) < 4.78 is 5.98. The highest BCUT2D eigenvalue weighted by Gasteiger charge is 2.13. The van der Waals surface area contributed by atoms with E-state index in [2.05, 4.69) is 26.1 Å². The number of benzene rings is 1. The number of nitrogens with zero attached hydrogens (tertiary/aromatic N) is 2. The second-order valence-electron chi connectivity index (χ2n) is 3.64. The zero-order valence-corrected chi connectivity index (χ0v) is 10.6. The number of hydrogen-bond acceptors (Lipinski definition) is 5. The van der Waals surface area contributed by atoms with Crippen LogP contribution in [0.2, 0.25) is 0 Å². The van der Waals surface area contributed by atoms with E-state index in [1.807, 2.05) is 24.3 Å². The van der Waals surface area contributed by atoms with E-state index in [-0.39, 0.29) is 12.5 Å². The van der Waals surface area contributed by atoms with Crippen LogP contribution in [0.15, 0.2) is 33.3 Å². The second-order valence-corrected chi connectivity index (χ2v) is 4.56. The lowest BCUT2D eigenvalue weighted by atomic mass is 10.1. The van der Waals surface area contributed by atoms with Crippen LogP contribution >= 0.6 is 15.9 Å². The van der Waals surface area contributed by atoms with Gasteiger partial charge in [-0.15, -0.1) is 0 Å². The van der Waals surface area contributed by atoms with Crippen molar-refractivity contribution in [3.63, 3.8) is 0 Å². The highest BCUT2D eigenvalue weighted by atomic mass is 79.9. The van der Waals surface area contributed by atoms with Crippen LogP contribution in [0.25, 0.3) is 0 Å². The highest BCUT2D eigenvalue weighted by molar-refractivity contribution is 9.10. The molecule has 6 heteroatoms. The Kier molecular flexibility index (Phi) is 3.88. The summed E-state index contributed by atoms with van der Waals surface area (Å²) in [5.41, 5.74) is 6.65. The minimum Gasteiger partial charge on any atom is -0.394 e. The molecular formula is C11H12BrN3O2. The Labute approximate surface area is 107 Å². The maximum atomic E-state index is 8.86. The number of aliphatic hydroxyl groups excluding tert-OH is 1. The van der Waals surface area contributed by atoms with Gasteiger partial charge in [-0.1, -0.05) is 33.2 Å². The smallest absolute Gasteiger partial charge is 0.245 e. The molecule has 0 saturated heterocycles. The highest BCUT2D eigenvalue weighted by Crippen LogP contribution is 2.14. The molecule has 2 aromatic rings. The molecule has 0 bridgehead atoms.